The van der Waals surface area contributed by atoms with Crippen molar-refractivity contribution in [1.82, 2.24) is 9.80 Å². The molecule has 7 nitrogen and oxygen atoms in total. The molecule has 1 saturated heterocycles. The Bertz CT molecular complexity index is 495. The largest absolute Gasteiger partial charge is 0.393 e. The van der Waals surface area contributed by atoms with Gasteiger partial charge in [0.25, 0.3) is 0 Å². The maximum atomic E-state index is 12.7. The van der Waals surface area contributed by atoms with E-state index in [0.717, 1.165) is 25.7 Å². The van der Waals surface area contributed by atoms with Crippen LogP contribution in [0.5, 0.6) is 0 Å². The fourth-order valence-electron chi connectivity index (χ4n) is 3.84. The first-order valence-electron chi connectivity index (χ1n) is 9.19. The van der Waals surface area contributed by atoms with Gasteiger partial charge in [-0.2, -0.15) is 10.5 Å². The van der Waals surface area contributed by atoms with E-state index in [1.54, 1.807) is 4.90 Å². The number of aliphatic hydroxyl groups excluding tert-OH is 1. The van der Waals surface area contributed by atoms with Crippen molar-refractivity contribution in [2.75, 3.05) is 39.4 Å². The van der Waals surface area contributed by atoms with Gasteiger partial charge in [0.1, 0.15) is 0 Å². The lowest BCUT2D eigenvalue weighted by Crippen LogP contribution is -2.55. The minimum Gasteiger partial charge on any atom is -0.393 e. The summed E-state index contributed by atoms with van der Waals surface area (Å²) in [6, 6.07) is 4.17. The lowest BCUT2D eigenvalue weighted by molar-refractivity contribution is -0.137. The highest BCUT2D eigenvalue weighted by molar-refractivity contribution is 5.78. The molecular weight excluding hydrogens is 320 g/mol. The van der Waals surface area contributed by atoms with Crippen molar-refractivity contribution in [3.8, 4) is 12.1 Å². The first-order chi connectivity index (χ1) is 12.2. The molecule has 1 aliphatic heterocycles. The van der Waals surface area contributed by atoms with Crippen molar-refractivity contribution in [3.63, 3.8) is 0 Å². The summed E-state index contributed by atoms with van der Waals surface area (Å²) in [6.45, 7) is 2.78. The molecule has 3 atom stereocenters. The molecule has 25 heavy (non-hydrogen) atoms. The Balaban J connectivity index is 1.99. The zero-order valence-electron chi connectivity index (χ0n) is 14.8. The third kappa shape index (κ3) is 5.67. The minimum atomic E-state index is -0.327. The quantitative estimate of drug-likeness (QED) is 0.733. The van der Waals surface area contributed by atoms with Gasteiger partial charge in [0.05, 0.1) is 50.8 Å². The first-order valence-corrected chi connectivity index (χ1v) is 9.19. The molecule has 2 aliphatic rings. The monoisotopic (exact) mass is 348 g/mol. The van der Waals surface area contributed by atoms with E-state index in [1.807, 2.05) is 0 Å². The SMILES string of the molecule is N#CCCN(CCC#N)C(=O)CN1CCOC[C@@H]1[C@H]1CCCC[C@H]1O. The van der Waals surface area contributed by atoms with Gasteiger partial charge in [-0.1, -0.05) is 12.8 Å². The second kappa shape index (κ2) is 10.4. The van der Waals surface area contributed by atoms with Crippen LogP contribution >= 0.6 is 0 Å². The number of nitriles is 2. The standard InChI is InChI=1S/C18H28N4O3/c19-7-3-9-21(10-4-8-20)18(24)13-22-11-12-25-14-16(22)15-5-1-2-6-17(15)23/h15-17,23H,1-6,9-14H2/t15-,16-,17-/m1/s1. The van der Waals surface area contributed by atoms with Crippen molar-refractivity contribution in [2.24, 2.45) is 5.92 Å². The van der Waals surface area contributed by atoms with Crippen molar-refractivity contribution in [1.29, 1.82) is 10.5 Å². The number of rotatable bonds is 7. The summed E-state index contributed by atoms with van der Waals surface area (Å²) in [5.74, 6) is 0.0937. The molecule has 0 aromatic heterocycles. The second-order valence-electron chi connectivity index (χ2n) is 6.83. The molecule has 1 heterocycles. The third-order valence-corrected chi connectivity index (χ3v) is 5.23. The van der Waals surface area contributed by atoms with Crippen LogP contribution in [0.25, 0.3) is 0 Å². The fraction of sp³-hybridized carbons (Fsp3) is 0.833. The van der Waals surface area contributed by atoms with E-state index < -0.39 is 0 Å². The number of hydrogen-bond donors (Lipinski definition) is 1. The summed E-state index contributed by atoms with van der Waals surface area (Å²) in [4.78, 5) is 16.4. The van der Waals surface area contributed by atoms with Gasteiger partial charge in [-0.3, -0.25) is 9.69 Å². The second-order valence-corrected chi connectivity index (χ2v) is 6.83. The molecule has 0 aromatic rings. The van der Waals surface area contributed by atoms with E-state index in [2.05, 4.69) is 17.0 Å². The average molecular weight is 348 g/mol. The number of hydrogen-bond acceptors (Lipinski definition) is 6. The number of carbonyl (C=O) groups excluding carboxylic acids is 1. The molecule has 1 N–H and O–H groups in total. The van der Waals surface area contributed by atoms with Crippen molar-refractivity contribution in [3.05, 3.63) is 0 Å². The number of aliphatic hydroxyl groups is 1. The summed E-state index contributed by atoms with van der Waals surface area (Å²) in [5, 5.41) is 27.9. The highest BCUT2D eigenvalue weighted by Gasteiger charge is 2.37. The van der Waals surface area contributed by atoms with E-state index in [9.17, 15) is 9.90 Å². The number of ether oxygens (including phenoxy) is 1. The third-order valence-electron chi connectivity index (χ3n) is 5.23. The number of morpholine rings is 1. The predicted molar refractivity (Wildman–Crippen MR) is 91.2 cm³/mol. The number of nitrogens with zero attached hydrogens (tertiary/aromatic N) is 4. The molecule has 138 valence electrons. The van der Waals surface area contributed by atoms with Crippen LogP contribution in [-0.4, -0.2) is 72.4 Å². The van der Waals surface area contributed by atoms with E-state index in [-0.39, 0.29) is 43.4 Å². The molecule has 1 amide bonds. The molecule has 0 spiro atoms. The lowest BCUT2D eigenvalue weighted by Gasteiger charge is -2.43. The van der Waals surface area contributed by atoms with Crippen LogP contribution in [0.4, 0.5) is 0 Å². The predicted octanol–water partition coefficient (Wildman–Crippen LogP) is 0.894. The fourth-order valence-corrected chi connectivity index (χ4v) is 3.84. The molecule has 1 aliphatic carbocycles. The normalized spacial score (nSPS) is 27.2. The van der Waals surface area contributed by atoms with Crippen LogP contribution in [0.15, 0.2) is 0 Å². The Morgan fingerprint density at radius 3 is 2.52 bits per heavy atom. The Morgan fingerprint density at radius 1 is 1.20 bits per heavy atom. The van der Waals surface area contributed by atoms with Crippen LogP contribution < -0.4 is 0 Å². The van der Waals surface area contributed by atoms with Crippen molar-refractivity contribution < 1.29 is 14.6 Å². The van der Waals surface area contributed by atoms with Gasteiger partial charge in [-0.25, -0.2) is 0 Å². The molecule has 1 saturated carbocycles. The van der Waals surface area contributed by atoms with Crippen LogP contribution in [0.1, 0.15) is 38.5 Å². The van der Waals surface area contributed by atoms with Gasteiger partial charge < -0.3 is 14.7 Å². The minimum absolute atomic E-state index is 0.0531. The van der Waals surface area contributed by atoms with Crippen LogP contribution in [0, 0.1) is 28.6 Å². The Morgan fingerprint density at radius 2 is 1.88 bits per heavy atom. The smallest absolute Gasteiger partial charge is 0.236 e. The highest BCUT2D eigenvalue weighted by Crippen LogP contribution is 2.31. The average Bonchev–Trinajstić information content (AvgIpc) is 2.63. The summed E-state index contributed by atoms with van der Waals surface area (Å²) in [6.07, 6.45) is 4.16. The van der Waals surface area contributed by atoms with Crippen LogP contribution in [0.3, 0.4) is 0 Å². The topological polar surface area (TPSA) is 101 Å². The maximum absolute atomic E-state index is 12.7. The lowest BCUT2D eigenvalue weighted by atomic mass is 9.80. The summed E-state index contributed by atoms with van der Waals surface area (Å²) < 4.78 is 5.62. The number of amides is 1. The van der Waals surface area contributed by atoms with Gasteiger partial charge in [0.15, 0.2) is 0 Å². The van der Waals surface area contributed by atoms with Gasteiger partial charge >= 0.3 is 0 Å². The van der Waals surface area contributed by atoms with Gasteiger partial charge in [0, 0.05) is 31.6 Å². The summed E-state index contributed by atoms with van der Waals surface area (Å²) in [7, 11) is 0. The van der Waals surface area contributed by atoms with Crippen molar-refractivity contribution in [2.45, 2.75) is 50.7 Å². The Kier molecular flexibility index (Phi) is 8.14. The Labute approximate surface area is 149 Å². The highest BCUT2D eigenvalue weighted by atomic mass is 16.5. The number of carbonyl (C=O) groups is 1. The van der Waals surface area contributed by atoms with Gasteiger partial charge in [0.2, 0.25) is 5.91 Å². The van der Waals surface area contributed by atoms with Gasteiger partial charge in [-0.15, -0.1) is 0 Å². The van der Waals surface area contributed by atoms with Crippen LogP contribution in [-0.2, 0) is 9.53 Å². The summed E-state index contributed by atoms with van der Waals surface area (Å²) >= 11 is 0. The van der Waals surface area contributed by atoms with E-state index in [0.29, 0.717) is 32.8 Å². The maximum Gasteiger partial charge on any atom is 0.236 e. The Hall–Kier alpha value is -1.67. The van der Waals surface area contributed by atoms with E-state index in [1.165, 1.54) is 0 Å². The first kappa shape index (κ1) is 19.7. The molecule has 0 bridgehead atoms. The van der Waals surface area contributed by atoms with Crippen LogP contribution in [0.2, 0.25) is 0 Å². The molecule has 0 unspecified atom stereocenters. The molecule has 0 radical (unpaired) electrons. The molecule has 7 heteroatoms. The summed E-state index contributed by atoms with van der Waals surface area (Å²) in [5.41, 5.74) is 0. The molecule has 2 fully saturated rings. The molecular formula is C18H28N4O3. The zero-order valence-corrected chi connectivity index (χ0v) is 14.8. The van der Waals surface area contributed by atoms with E-state index in [4.69, 9.17) is 15.3 Å². The van der Waals surface area contributed by atoms with Gasteiger partial charge in [-0.05, 0) is 12.8 Å². The van der Waals surface area contributed by atoms with Crippen molar-refractivity contribution >= 4 is 5.91 Å². The van der Waals surface area contributed by atoms with E-state index >= 15 is 0 Å². The zero-order chi connectivity index (χ0) is 18.1. The molecule has 2 rings (SSSR count). The molecule has 0 aromatic carbocycles.